The zero-order valence-electron chi connectivity index (χ0n) is 13.3. The molecule has 0 aliphatic rings. The van der Waals surface area contributed by atoms with E-state index < -0.39 is 0 Å². The number of carbonyl (C=O) groups excluding carboxylic acids is 1. The molecule has 124 valence electrons. The molecule has 3 heterocycles. The van der Waals surface area contributed by atoms with E-state index in [9.17, 15) is 4.79 Å². The Morgan fingerprint density at radius 2 is 2.12 bits per heavy atom. The average Bonchev–Trinajstić information content (AvgIpc) is 3.33. The number of amides is 1. The number of benzene rings is 1. The number of H-pyrrole nitrogens is 1. The summed E-state index contributed by atoms with van der Waals surface area (Å²) >= 11 is 1.69. The van der Waals surface area contributed by atoms with Gasteiger partial charge in [-0.2, -0.15) is 0 Å². The van der Waals surface area contributed by atoms with Gasteiger partial charge < -0.3 is 10.3 Å². The van der Waals surface area contributed by atoms with Crippen LogP contribution in [0.1, 0.15) is 26.8 Å². The fourth-order valence-electron chi connectivity index (χ4n) is 2.94. The largest absolute Gasteiger partial charge is 0.361 e. The molecule has 5 nitrogen and oxygen atoms in total. The second-order valence-corrected chi connectivity index (χ2v) is 6.64. The summed E-state index contributed by atoms with van der Waals surface area (Å²) in [6.07, 6.45) is 6.58. The lowest BCUT2D eigenvalue weighted by atomic mass is 9.96. The minimum atomic E-state index is -0.213. The fraction of sp³-hybridized carbons (Fsp3) is 0.105. The van der Waals surface area contributed by atoms with Gasteiger partial charge in [-0.05, 0) is 23.1 Å². The first-order valence-electron chi connectivity index (χ1n) is 7.96. The zero-order valence-corrected chi connectivity index (χ0v) is 14.2. The molecule has 0 fully saturated rings. The van der Waals surface area contributed by atoms with Crippen LogP contribution in [-0.4, -0.2) is 27.4 Å². The van der Waals surface area contributed by atoms with Gasteiger partial charge in [-0.25, -0.2) is 4.98 Å². The van der Waals surface area contributed by atoms with Crippen LogP contribution in [-0.2, 0) is 0 Å². The van der Waals surface area contributed by atoms with E-state index in [0.717, 1.165) is 5.52 Å². The summed E-state index contributed by atoms with van der Waals surface area (Å²) in [5, 5.41) is 6.22. The van der Waals surface area contributed by atoms with Crippen LogP contribution >= 0.6 is 11.3 Å². The third kappa shape index (κ3) is 3.16. The minimum absolute atomic E-state index is 0.0803. The molecule has 2 N–H and O–H groups in total. The molecule has 4 aromatic rings. The number of carbonyl (C=O) groups is 1. The lowest BCUT2D eigenvalue weighted by molar-refractivity contribution is 0.0947. The molecule has 3 aromatic heterocycles. The van der Waals surface area contributed by atoms with Crippen LogP contribution in [0.5, 0.6) is 0 Å². The van der Waals surface area contributed by atoms with Crippen LogP contribution in [0, 0.1) is 0 Å². The molecule has 1 atom stereocenters. The van der Waals surface area contributed by atoms with Gasteiger partial charge >= 0.3 is 0 Å². The highest BCUT2D eigenvalue weighted by molar-refractivity contribution is 7.10. The van der Waals surface area contributed by atoms with Crippen LogP contribution in [0.25, 0.3) is 10.9 Å². The summed E-state index contributed by atoms with van der Waals surface area (Å²) in [5.74, 6) is -0.133. The molecule has 1 aromatic carbocycles. The van der Waals surface area contributed by atoms with E-state index >= 15 is 0 Å². The number of rotatable bonds is 5. The number of thiophene rings is 1. The smallest absolute Gasteiger partial charge is 0.271 e. The number of fused-ring (bicyclic) bond motifs is 1. The zero-order chi connectivity index (χ0) is 17.1. The third-order valence-electron chi connectivity index (χ3n) is 4.15. The Kier molecular flexibility index (Phi) is 4.26. The van der Waals surface area contributed by atoms with E-state index in [1.54, 1.807) is 17.5 Å². The molecule has 0 aliphatic carbocycles. The molecular formula is C19H16N4OS. The van der Waals surface area contributed by atoms with Gasteiger partial charge in [-0.15, -0.1) is 11.3 Å². The van der Waals surface area contributed by atoms with E-state index in [1.807, 2.05) is 24.4 Å². The quantitative estimate of drug-likeness (QED) is 0.579. The first-order valence-corrected chi connectivity index (χ1v) is 8.84. The first-order chi connectivity index (χ1) is 12.3. The van der Waals surface area contributed by atoms with Crippen molar-refractivity contribution >= 4 is 28.1 Å². The predicted octanol–water partition coefficient (Wildman–Crippen LogP) is 3.58. The standard InChI is InChI=1S/C19H16N4OS/c24-19(17-12-20-7-8-21-17)23-11-15(18-6-3-9-25-18)14-10-22-16-5-2-1-4-13(14)16/h1-10,12,15,22H,11H2,(H,23,24)/t15-/m0/s1. The summed E-state index contributed by atoms with van der Waals surface area (Å²) in [4.78, 5) is 24.9. The first kappa shape index (κ1) is 15.5. The number of aromatic nitrogens is 3. The Bertz CT molecular complexity index is 979. The summed E-state index contributed by atoms with van der Waals surface area (Å²) in [5.41, 5.74) is 2.60. The van der Waals surface area contributed by atoms with Gasteiger partial charge in [0, 0.05) is 46.8 Å². The molecule has 0 spiro atoms. The lowest BCUT2D eigenvalue weighted by Crippen LogP contribution is -2.29. The van der Waals surface area contributed by atoms with E-state index in [0.29, 0.717) is 12.2 Å². The number of nitrogens with one attached hydrogen (secondary N) is 2. The number of hydrogen-bond donors (Lipinski definition) is 2. The van der Waals surface area contributed by atoms with Crippen molar-refractivity contribution in [2.24, 2.45) is 0 Å². The third-order valence-corrected chi connectivity index (χ3v) is 5.13. The lowest BCUT2D eigenvalue weighted by Gasteiger charge is -2.16. The van der Waals surface area contributed by atoms with E-state index in [2.05, 4.69) is 43.8 Å². The summed E-state index contributed by atoms with van der Waals surface area (Å²) < 4.78 is 0. The van der Waals surface area contributed by atoms with Crippen LogP contribution in [0.4, 0.5) is 0 Å². The Hall–Kier alpha value is -2.99. The van der Waals surface area contributed by atoms with E-state index in [1.165, 1.54) is 28.2 Å². The summed E-state index contributed by atoms with van der Waals surface area (Å²) in [6, 6.07) is 12.3. The molecule has 4 rings (SSSR count). The summed E-state index contributed by atoms with van der Waals surface area (Å²) in [6.45, 7) is 0.498. The highest BCUT2D eigenvalue weighted by Crippen LogP contribution is 2.32. The number of aromatic amines is 1. The van der Waals surface area contributed by atoms with Crippen molar-refractivity contribution in [3.63, 3.8) is 0 Å². The van der Waals surface area contributed by atoms with Crippen molar-refractivity contribution in [1.29, 1.82) is 0 Å². The molecule has 0 saturated carbocycles. The number of hydrogen-bond acceptors (Lipinski definition) is 4. The van der Waals surface area contributed by atoms with Crippen molar-refractivity contribution in [3.05, 3.63) is 82.7 Å². The van der Waals surface area contributed by atoms with Crippen molar-refractivity contribution in [2.45, 2.75) is 5.92 Å². The highest BCUT2D eigenvalue weighted by atomic mass is 32.1. The molecule has 1 amide bonds. The Morgan fingerprint density at radius 1 is 1.20 bits per heavy atom. The van der Waals surface area contributed by atoms with Gasteiger partial charge in [-0.3, -0.25) is 9.78 Å². The van der Waals surface area contributed by atoms with Gasteiger partial charge in [0.1, 0.15) is 5.69 Å². The van der Waals surface area contributed by atoms with Crippen LogP contribution < -0.4 is 5.32 Å². The Morgan fingerprint density at radius 3 is 2.92 bits per heavy atom. The molecule has 0 aliphatic heterocycles. The Labute approximate surface area is 148 Å². The molecule has 0 radical (unpaired) electrons. The average molecular weight is 348 g/mol. The second kappa shape index (κ2) is 6.86. The topological polar surface area (TPSA) is 70.7 Å². The Balaban J connectivity index is 1.63. The van der Waals surface area contributed by atoms with Gasteiger partial charge in [0.15, 0.2) is 0 Å². The van der Waals surface area contributed by atoms with Gasteiger partial charge in [0.25, 0.3) is 5.91 Å². The van der Waals surface area contributed by atoms with Crippen molar-refractivity contribution in [1.82, 2.24) is 20.3 Å². The SMILES string of the molecule is O=C(NC[C@H](c1cccs1)c1c[nH]c2ccccc12)c1cnccn1. The minimum Gasteiger partial charge on any atom is -0.361 e. The van der Waals surface area contributed by atoms with Crippen molar-refractivity contribution in [3.8, 4) is 0 Å². The number of para-hydroxylation sites is 1. The normalized spacial score (nSPS) is 12.2. The van der Waals surface area contributed by atoms with E-state index in [-0.39, 0.29) is 11.8 Å². The molecule has 6 heteroatoms. The van der Waals surface area contributed by atoms with Crippen LogP contribution in [0.3, 0.4) is 0 Å². The summed E-state index contributed by atoms with van der Waals surface area (Å²) in [7, 11) is 0. The van der Waals surface area contributed by atoms with Crippen molar-refractivity contribution < 1.29 is 4.79 Å². The van der Waals surface area contributed by atoms with Crippen LogP contribution in [0.15, 0.2) is 66.6 Å². The molecule has 0 unspecified atom stereocenters. The molecule has 0 saturated heterocycles. The monoisotopic (exact) mass is 348 g/mol. The number of nitrogens with zero attached hydrogens (tertiary/aromatic N) is 2. The van der Waals surface area contributed by atoms with Gasteiger partial charge in [0.05, 0.1) is 6.20 Å². The van der Waals surface area contributed by atoms with E-state index in [4.69, 9.17) is 0 Å². The maximum Gasteiger partial charge on any atom is 0.271 e. The fourth-order valence-corrected chi connectivity index (χ4v) is 3.78. The van der Waals surface area contributed by atoms with Crippen molar-refractivity contribution in [2.75, 3.05) is 6.54 Å². The molecule has 0 bridgehead atoms. The predicted molar refractivity (Wildman–Crippen MR) is 98.8 cm³/mol. The van der Waals surface area contributed by atoms with Gasteiger partial charge in [0.2, 0.25) is 0 Å². The second-order valence-electron chi connectivity index (χ2n) is 5.66. The maximum atomic E-state index is 12.3. The maximum absolute atomic E-state index is 12.3. The highest BCUT2D eigenvalue weighted by Gasteiger charge is 2.20. The molecular weight excluding hydrogens is 332 g/mol. The molecule has 25 heavy (non-hydrogen) atoms. The van der Waals surface area contributed by atoms with Crippen LogP contribution in [0.2, 0.25) is 0 Å². The van der Waals surface area contributed by atoms with Gasteiger partial charge in [-0.1, -0.05) is 24.3 Å².